The van der Waals surface area contributed by atoms with E-state index in [1.165, 1.54) is 18.2 Å². The number of piperazine rings is 1. The summed E-state index contributed by atoms with van der Waals surface area (Å²) in [7, 11) is 0. The SMILES string of the molecule is C[C@@H]1CN(c2nc(OCCc3ncccn3)nc3c(F)c(-c4c(O)cccc4F)c(Cl)cc23)CCN1. The Morgan fingerprint density at radius 3 is 2.72 bits per heavy atom. The number of fused-ring (bicyclic) bond motifs is 1. The molecule has 186 valence electrons. The number of nitrogens with zero attached hydrogens (tertiary/aromatic N) is 5. The van der Waals surface area contributed by atoms with Gasteiger partial charge in [-0.25, -0.2) is 18.7 Å². The minimum absolute atomic E-state index is 0.0375. The molecule has 1 fully saturated rings. The highest BCUT2D eigenvalue weighted by Gasteiger charge is 2.26. The lowest BCUT2D eigenvalue weighted by atomic mass is 10.0. The molecule has 0 radical (unpaired) electrons. The average molecular weight is 513 g/mol. The Kier molecular flexibility index (Phi) is 6.80. The smallest absolute Gasteiger partial charge is 0.319 e. The maximum absolute atomic E-state index is 16.0. The molecule has 1 atom stereocenters. The molecule has 4 aromatic rings. The fourth-order valence-electron chi connectivity index (χ4n) is 4.27. The predicted molar refractivity (Wildman–Crippen MR) is 132 cm³/mol. The van der Waals surface area contributed by atoms with Gasteiger partial charge < -0.3 is 20.1 Å². The lowest BCUT2D eigenvalue weighted by molar-refractivity contribution is 0.294. The number of nitrogens with one attached hydrogen (secondary N) is 1. The van der Waals surface area contributed by atoms with Gasteiger partial charge >= 0.3 is 6.01 Å². The Hall–Kier alpha value is -3.63. The Labute approximate surface area is 211 Å². The van der Waals surface area contributed by atoms with E-state index in [2.05, 4.69) is 25.3 Å². The van der Waals surface area contributed by atoms with Crippen LogP contribution in [0.1, 0.15) is 12.7 Å². The molecular formula is C25H23ClF2N6O2. The van der Waals surface area contributed by atoms with Crippen molar-refractivity contribution in [1.82, 2.24) is 25.3 Å². The van der Waals surface area contributed by atoms with Gasteiger partial charge in [0.1, 0.15) is 28.7 Å². The third-order valence-corrected chi connectivity index (χ3v) is 6.23. The first kappa shape index (κ1) is 24.1. The summed E-state index contributed by atoms with van der Waals surface area (Å²) >= 11 is 6.47. The van der Waals surface area contributed by atoms with E-state index >= 15 is 4.39 Å². The highest BCUT2D eigenvalue weighted by molar-refractivity contribution is 6.34. The van der Waals surface area contributed by atoms with Crippen molar-refractivity contribution in [1.29, 1.82) is 0 Å². The first-order chi connectivity index (χ1) is 17.4. The highest BCUT2D eigenvalue weighted by atomic mass is 35.5. The highest BCUT2D eigenvalue weighted by Crippen LogP contribution is 2.42. The number of ether oxygens (including phenoxy) is 1. The molecule has 0 spiro atoms. The van der Waals surface area contributed by atoms with E-state index in [1.807, 2.05) is 11.8 Å². The maximum atomic E-state index is 16.0. The molecule has 1 aliphatic heterocycles. The molecule has 0 amide bonds. The first-order valence-electron chi connectivity index (χ1n) is 11.5. The van der Waals surface area contributed by atoms with Gasteiger partial charge in [-0.05, 0) is 31.2 Å². The summed E-state index contributed by atoms with van der Waals surface area (Å²) in [6.07, 6.45) is 3.67. The number of aromatic hydroxyl groups is 1. The molecule has 1 aliphatic rings. The van der Waals surface area contributed by atoms with Gasteiger partial charge in [0.05, 0.1) is 17.2 Å². The van der Waals surface area contributed by atoms with E-state index in [-0.39, 0.29) is 40.3 Å². The maximum Gasteiger partial charge on any atom is 0.319 e. The summed E-state index contributed by atoms with van der Waals surface area (Å²) in [5, 5.41) is 13.9. The van der Waals surface area contributed by atoms with Gasteiger partial charge in [-0.15, -0.1) is 0 Å². The number of anilines is 1. The van der Waals surface area contributed by atoms with Crippen LogP contribution in [-0.4, -0.2) is 57.3 Å². The lowest BCUT2D eigenvalue weighted by Gasteiger charge is -2.33. The van der Waals surface area contributed by atoms with Gasteiger partial charge in [-0.1, -0.05) is 17.7 Å². The Morgan fingerprint density at radius 2 is 1.97 bits per heavy atom. The van der Waals surface area contributed by atoms with E-state index in [4.69, 9.17) is 16.3 Å². The minimum atomic E-state index is -0.874. The third kappa shape index (κ3) is 4.74. The monoisotopic (exact) mass is 512 g/mol. The van der Waals surface area contributed by atoms with Gasteiger partial charge in [-0.3, -0.25) is 0 Å². The number of hydrogen-bond donors (Lipinski definition) is 2. The molecule has 3 heterocycles. The summed E-state index contributed by atoms with van der Waals surface area (Å²) in [5.74, 6) is -1.06. The molecule has 0 saturated carbocycles. The van der Waals surface area contributed by atoms with Crippen molar-refractivity contribution in [2.75, 3.05) is 31.1 Å². The second-order valence-corrected chi connectivity index (χ2v) is 8.88. The topological polar surface area (TPSA) is 96.3 Å². The zero-order valence-electron chi connectivity index (χ0n) is 19.4. The molecule has 8 nitrogen and oxygen atoms in total. The van der Waals surface area contributed by atoms with Gasteiger partial charge in [0.25, 0.3) is 0 Å². The zero-order chi connectivity index (χ0) is 25.2. The van der Waals surface area contributed by atoms with Crippen LogP contribution in [0.3, 0.4) is 0 Å². The van der Waals surface area contributed by atoms with Gasteiger partial charge in [0.15, 0.2) is 5.82 Å². The first-order valence-corrected chi connectivity index (χ1v) is 11.8. The summed E-state index contributed by atoms with van der Waals surface area (Å²) in [4.78, 5) is 19.2. The molecule has 1 saturated heterocycles. The van der Waals surface area contributed by atoms with E-state index in [0.717, 1.165) is 6.07 Å². The van der Waals surface area contributed by atoms with Gasteiger partial charge in [0, 0.05) is 55.4 Å². The fourth-order valence-corrected chi connectivity index (χ4v) is 4.56. The van der Waals surface area contributed by atoms with Crippen molar-refractivity contribution in [2.45, 2.75) is 19.4 Å². The van der Waals surface area contributed by atoms with E-state index in [0.29, 0.717) is 43.1 Å². The number of phenols is 1. The van der Waals surface area contributed by atoms with Crippen LogP contribution >= 0.6 is 11.6 Å². The summed E-state index contributed by atoms with van der Waals surface area (Å²) < 4.78 is 36.4. The number of phenolic OH excluding ortho intramolecular Hbond substituents is 1. The van der Waals surface area contributed by atoms with Crippen molar-refractivity contribution in [3.8, 4) is 22.9 Å². The molecular weight excluding hydrogens is 490 g/mol. The van der Waals surface area contributed by atoms with Crippen LogP contribution in [0.25, 0.3) is 22.0 Å². The summed E-state index contributed by atoms with van der Waals surface area (Å²) in [6, 6.07) is 7.09. The van der Waals surface area contributed by atoms with Crippen LogP contribution in [0.5, 0.6) is 11.8 Å². The third-order valence-electron chi connectivity index (χ3n) is 5.93. The Morgan fingerprint density at radius 1 is 1.17 bits per heavy atom. The van der Waals surface area contributed by atoms with Gasteiger partial charge in [-0.2, -0.15) is 9.97 Å². The molecule has 0 unspecified atom stereocenters. The molecule has 36 heavy (non-hydrogen) atoms. The Balaban J connectivity index is 1.62. The molecule has 2 aromatic carbocycles. The van der Waals surface area contributed by atoms with Crippen molar-refractivity contribution in [2.24, 2.45) is 0 Å². The minimum Gasteiger partial charge on any atom is -0.507 e. The molecule has 2 aromatic heterocycles. The molecule has 5 rings (SSSR count). The number of halogens is 3. The quantitative estimate of drug-likeness (QED) is 0.398. The van der Waals surface area contributed by atoms with E-state index in [1.54, 1.807) is 18.5 Å². The number of benzene rings is 2. The summed E-state index contributed by atoms with van der Waals surface area (Å²) in [5.41, 5.74) is -0.692. The van der Waals surface area contributed by atoms with Crippen LogP contribution in [0.15, 0.2) is 42.7 Å². The second kappa shape index (κ2) is 10.2. The van der Waals surface area contributed by atoms with Crippen molar-refractivity contribution in [3.63, 3.8) is 0 Å². The fraction of sp³-hybridized carbons (Fsp3) is 0.280. The summed E-state index contributed by atoms with van der Waals surface area (Å²) in [6.45, 7) is 4.18. The molecule has 11 heteroatoms. The van der Waals surface area contributed by atoms with Crippen molar-refractivity contribution >= 4 is 28.3 Å². The normalized spacial score (nSPS) is 15.9. The average Bonchev–Trinajstić information content (AvgIpc) is 2.86. The van der Waals surface area contributed by atoms with Crippen LogP contribution in [0.4, 0.5) is 14.6 Å². The second-order valence-electron chi connectivity index (χ2n) is 8.47. The number of aromatic nitrogens is 4. The molecule has 0 bridgehead atoms. The Bertz CT molecular complexity index is 1390. The van der Waals surface area contributed by atoms with Crippen LogP contribution < -0.4 is 15.0 Å². The van der Waals surface area contributed by atoms with Crippen LogP contribution in [-0.2, 0) is 6.42 Å². The van der Waals surface area contributed by atoms with Gasteiger partial charge in [0.2, 0.25) is 0 Å². The van der Waals surface area contributed by atoms with E-state index < -0.39 is 17.4 Å². The zero-order valence-corrected chi connectivity index (χ0v) is 20.1. The van der Waals surface area contributed by atoms with Crippen LogP contribution in [0, 0.1) is 11.6 Å². The predicted octanol–water partition coefficient (Wildman–Crippen LogP) is 4.14. The standard InChI is InChI=1S/C25H23ClF2N6O2/c1-14-13-34(10-9-29-14)24-15-12-16(26)20(21-17(27)4-2-5-18(21)35)22(28)23(15)32-25(33-24)36-11-6-19-30-7-3-8-31-19/h2-5,7-8,12,14,29,35H,6,9-11,13H2,1H3/t14-/m1/s1. The largest absolute Gasteiger partial charge is 0.507 e. The number of rotatable bonds is 6. The lowest BCUT2D eigenvalue weighted by Crippen LogP contribution is -2.49. The van der Waals surface area contributed by atoms with E-state index in [9.17, 15) is 9.50 Å². The number of hydrogen-bond acceptors (Lipinski definition) is 8. The molecule has 2 N–H and O–H groups in total. The van der Waals surface area contributed by atoms with Crippen molar-refractivity contribution in [3.05, 3.63) is 65.2 Å². The van der Waals surface area contributed by atoms with Crippen LogP contribution in [0.2, 0.25) is 5.02 Å². The molecule has 0 aliphatic carbocycles. The van der Waals surface area contributed by atoms with Crippen molar-refractivity contribution < 1.29 is 18.6 Å².